The topological polar surface area (TPSA) is 122 Å². The number of carboxylic acid groups (broad SMARTS) is 1. The predicted molar refractivity (Wildman–Crippen MR) is 122 cm³/mol. The lowest BCUT2D eigenvalue weighted by molar-refractivity contribution is 0.0695. The van der Waals surface area contributed by atoms with E-state index in [1.165, 1.54) is 33.3 Å². The summed E-state index contributed by atoms with van der Waals surface area (Å²) in [5, 5.41) is 16.8. The van der Waals surface area contributed by atoms with Gasteiger partial charge in [-0.15, -0.1) is 0 Å². The predicted octanol–water partition coefficient (Wildman–Crippen LogP) is 3.52. The lowest BCUT2D eigenvalue weighted by atomic mass is 10.1. The summed E-state index contributed by atoms with van der Waals surface area (Å²) in [6.07, 6.45) is 5.20. The highest BCUT2D eigenvalue weighted by Gasteiger charge is 2.32. The molecule has 1 aliphatic carbocycles. The number of nitrogens with zero attached hydrogens (tertiary/aromatic N) is 3. The Morgan fingerprint density at radius 1 is 1.38 bits per heavy atom. The Bertz CT molecular complexity index is 1070. The second kappa shape index (κ2) is 11.0. The van der Waals surface area contributed by atoms with E-state index in [1.807, 2.05) is 4.90 Å². The number of benzene rings is 1. The highest BCUT2D eigenvalue weighted by Crippen LogP contribution is 2.44. The van der Waals surface area contributed by atoms with E-state index >= 15 is 4.39 Å². The molecule has 2 aromatic rings. The number of aromatic nitrogens is 1. The molecule has 1 aromatic heterocycles. The average molecular weight is 447 g/mol. The van der Waals surface area contributed by atoms with Crippen LogP contribution in [0.2, 0.25) is 0 Å². The number of ether oxygens (including phenoxy) is 1. The van der Waals surface area contributed by atoms with Gasteiger partial charge in [0.25, 0.3) is 0 Å². The molecule has 3 N–H and O–H groups in total. The van der Waals surface area contributed by atoms with Crippen LogP contribution in [0.25, 0.3) is 10.9 Å². The summed E-state index contributed by atoms with van der Waals surface area (Å²) in [6.45, 7) is 5.04. The Morgan fingerprint density at radius 3 is 2.47 bits per heavy atom. The summed E-state index contributed by atoms with van der Waals surface area (Å²) in [4.78, 5) is 26.2. The fourth-order valence-electron chi connectivity index (χ4n) is 4.09. The molecule has 0 radical (unpaired) electrons. The number of carbonyl (C=O) groups is 1. The van der Waals surface area contributed by atoms with Gasteiger partial charge in [-0.25, -0.2) is 9.18 Å². The molecule has 1 saturated carbocycles. The largest absolute Gasteiger partial charge is 0.492 e. The van der Waals surface area contributed by atoms with Crippen LogP contribution in [0.3, 0.4) is 0 Å². The zero-order chi connectivity index (χ0) is 24.0. The molecule has 2 aliphatic rings. The van der Waals surface area contributed by atoms with Gasteiger partial charge in [0.1, 0.15) is 11.3 Å². The maximum absolute atomic E-state index is 15.1. The van der Waals surface area contributed by atoms with Gasteiger partial charge in [0.05, 0.1) is 24.1 Å². The smallest absolute Gasteiger partial charge is 0.341 e. The number of aromatic carboxylic acids is 1. The van der Waals surface area contributed by atoms with E-state index in [0.717, 1.165) is 38.8 Å². The van der Waals surface area contributed by atoms with Gasteiger partial charge in [-0.1, -0.05) is 13.3 Å². The molecule has 0 bridgehead atoms. The Labute approximate surface area is 187 Å². The van der Waals surface area contributed by atoms with Crippen LogP contribution >= 0.6 is 0 Å². The van der Waals surface area contributed by atoms with Crippen molar-refractivity contribution < 1.29 is 19.0 Å². The van der Waals surface area contributed by atoms with Crippen molar-refractivity contribution in [3.05, 3.63) is 33.9 Å². The van der Waals surface area contributed by atoms with Gasteiger partial charge in [-0.3, -0.25) is 4.79 Å². The van der Waals surface area contributed by atoms with Crippen molar-refractivity contribution in [3.63, 3.8) is 0 Å². The van der Waals surface area contributed by atoms with Gasteiger partial charge >= 0.3 is 5.97 Å². The number of anilines is 1. The number of fused-ring (bicyclic) bond motifs is 1. The fourth-order valence-corrected chi connectivity index (χ4v) is 4.09. The molecular formula is C23H31FN4O4. The molecule has 8 nitrogen and oxygen atoms in total. The fraction of sp³-hybridized carbons (Fsp3) is 0.522. The molecule has 4 rings (SSSR count). The van der Waals surface area contributed by atoms with E-state index in [-0.39, 0.29) is 17.0 Å². The first-order valence-electron chi connectivity index (χ1n) is 10.7. The zero-order valence-corrected chi connectivity index (χ0v) is 19.0. The average Bonchev–Trinajstić information content (AvgIpc) is 3.52. The molecule has 9 heteroatoms. The molecule has 2 fully saturated rings. The number of rotatable bonds is 5. The van der Waals surface area contributed by atoms with Crippen LogP contribution in [-0.4, -0.2) is 42.9 Å². The van der Waals surface area contributed by atoms with Gasteiger partial charge in [-0.05, 0) is 38.3 Å². The minimum atomic E-state index is -1.30. The molecule has 1 atom stereocenters. The van der Waals surface area contributed by atoms with Gasteiger partial charge in [0.2, 0.25) is 5.43 Å². The van der Waals surface area contributed by atoms with Crippen molar-refractivity contribution in [2.24, 2.45) is 11.7 Å². The Balaban J connectivity index is 0.000000671. The summed E-state index contributed by atoms with van der Waals surface area (Å²) in [6, 6.07) is 3.04. The first-order valence-corrected chi connectivity index (χ1v) is 10.7. The summed E-state index contributed by atoms with van der Waals surface area (Å²) in [5.41, 5.74) is 4.35. The van der Waals surface area contributed by atoms with Gasteiger partial charge in [0, 0.05) is 32.3 Å². The monoisotopic (exact) mass is 446 g/mol. The van der Waals surface area contributed by atoms with E-state index in [9.17, 15) is 14.7 Å². The Morgan fingerprint density at radius 2 is 2.00 bits per heavy atom. The minimum Gasteiger partial charge on any atom is -0.492 e. The number of nitriles is 1. The molecule has 2 heterocycles. The van der Waals surface area contributed by atoms with Crippen molar-refractivity contribution in [3.8, 4) is 11.8 Å². The number of nitrogens with two attached hydrogens (primary N) is 1. The molecule has 32 heavy (non-hydrogen) atoms. The molecule has 1 aromatic carbocycles. The third kappa shape index (κ3) is 4.86. The number of halogens is 1. The van der Waals surface area contributed by atoms with Crippen LogP contribution in [0.15, 0.2) is 17.1 Å². The van der Waals surface area contributed by atoms with Crippen molar-refractivity contribution in [2.75, 3.05) is 32.1 Å². The van der Waals surface area contributed by atoms with E-state index in [2.05, 4.69) is 12.7 Å². The zero-order valence-electron chi connectivity index (χ0n) is 19.0. The molecule has 1 aliphatic heterocycles. The molecule has 174 valence electrons. The quantitative estimate of drug-likeness (QED) is 0.720. The van der Waals surface area contributed by atoms with Crippen LogP contribution in [0, 0.1) is 23.1 Å². The maximum Gasteiger partial charge on any atom is 0.341 e. The second-order valence-corrected chi connectivity index (χ2v) is 7.68. The number of methoxy groups -OCH3 is 1. The summed E-state index contributed by atoms with van der Waals surface area (Å²) in [5.74, 6) is -1.02. The maximum atomic E-state index is 15.1. The van der Waals surface area contributed by atoms with Crippen LogP contribution in [-0.2, 0) is 0 Å². The molecule has 1 unspecified atom stereocenters. The number of hydrogen-bond acceptors (Lipinski definition) is 6. The molecule has 1 saturated heterocycles. The van der Waals surface area contributed by atoms with Gasteiger partial charge in [-0.2, -0.15) is 5.26 Å². The van der Waals surface area contributed by atoms with Gasteiger partial charge < -0.3 is 25.0 Å². The normalized spacial score (nSPS) is 17.0. The van der Waals surface area contributed by atoms with Crippen LogP contribution in [0.4, 0.5) is 10.1 Å². The third-order valence-electron chi connectivity index (χ3n) is 5.75. The summed E-state index contributed by atoms with van der Waals surface area (Å²) >= 11 is 0. The molecule has 0 spiro atoms. The van der Waals surface area contributed by atoms with Crippen LogP contribution in [0.5, 0.6) is 5.75 Å². The Kier molecular flexibility index (Phi) is 8.61. The minimum absolute atomic E-state index is 0.0612. The van der Waals surface area contributed by atoms with Crippen molar-refractivity contribution in [2.45, 2.75) is 45.6 Å². The van der Waals surface area contributed by atoms with Gasteiger partial charge in [0.15, 0.2) is 11.6 Å². The first kappa shape index (κ1) is 25.1. The second-order valence-electron chi connectivity index (χ2n) is 7.68. The highest BCUT2D eigenvalue weighted by molar-refractivity contribution is 5.97. The van der Waals surface area contributed by atoms with E-state index < -0.39 is 17.2 Å². The van der Waals surface area contributed by atoms with E-state index in [0.29, 0.717) is 22.9 Å². The van der Waals surface area contributed by atoms with Crippen molar-refractivity contribution >= 4 is 22.6 Å². The molecule has 0 amide bonds. The lowest BCUT2D eigenvalue weighted by Gasteiger charge is -2.24. The van der Waals surface area contributed by atoms with Crippen LogP contribution in [0.1, 0.15) is 55.9 Å². The van der Waals surface area contributed by atoms with Crippen molar-refractivity contribution in [1.82, 2.24) is 4.57 Å². The van der Waals surface area contributed by atoms with Crippen molar-refractivity contribution in [1.29, 1.82) is 5.26 Å². The summed E-state index contributed by atoms with van der Waals surface area (Å²) in [7, 11) is 2.97. The standard InChI is InChI=1S/C20H23FN2O4.C2H3N.CH5N/c1-3-11-6-7-22(9-11)17-15(21)8-13-16(19(17)27-2)23(12-4-5-12)10-14(18(13)24)20(25)26;1-2-3;1-2/h8,10-12H,3-7,9H2,1-2H3,(H,25,26);1H3;2H2,1H3. The van der Waals surface area contributed by atoms with E-state index in [4.69, 9.17) is 10.00 Å². The lowest BCUT2D eigenvalue weighted by Crippen LogP contribution is -2.24. The SMILES string of the molecule is CC#N.CCC1CCN(c2c(F)cc3c(=O)c(C(=O)O)cn(C4CC4)c3c2OC)C1.CN. The highest BCUT2D eigenvalue weighted by atomic mass is 19.1. The third-order valence-corrected chi connectivity index (χ3v) is 5.75. The first-order chi connectivity index (χ1) is 15.4. The number of carboxylic acids is 1. The van der Waals surface area contributed by atoms with E-state index in [1.54, 1.807) is 10.6 Å². The summed E-state index contributed by atoms with van der Waals surface area (Å²) < 4.78 is 22.5. The van der Waals surface area contributed by atoms with Crippen LogP contribution < -0.4 is 20.8 Å². The number of pyridine rings is 1. The number of hydrogen-bond donors (Lipinski definition) is 2. The Hall–Kier alpha value is -3.12. The molecular weight excluding hydrogens is 415 g/mol.